The molecule has 8 nitrogen and oxygen atoms in total. The molecule has 1 aliphatic rings. The van der Waals surface area contributed by atoms with Gasteiger partial charge in [0.05, 0.1) is 24.1 Å². The van der Waals surface area contributed by atoms with Gasteiger partial charge in [0, 0.05) is 29.1 Å². The van der Waals surface area contributed by atoms with E-state index in [1.807, 2.05) is 13.0 Å². The van der Waals surface area contributed by atoms with Gasteiger partial charge in [-0.25, -0.2) is 0 Å². The molecule has 0 aliphatic carbocycles. The fourth-order valence-corrected chi connectivity index (χ4v) is 3.96. The summed E-state index contributed by atoms with van der Waals surface area (Å²) in [5.41, 5.74) is 0.213. The molecule has 1 unspecified atom stereocenters. The van der Waals surface area contributed by atoms with Crippen molar-refractivity contribution in [1.29, 1.82) is 5.41 Å². The van der Waals surface area contributed by atoms with Crippen LogP contribution in [0.25, 0.3) is 0 Å². The van der Waals surface area contributed by atoms with Gasteiger partial charge in [0.25, 0.3) is 11.8 Å². The number of ether oxygens (including phenoxy) is 1. The number of aryl methyl sites for hydroxylation is 1. The maximum absolute atomic E-state index is 12.8. The van der Waals surface area contributed by atoms with Crippen LogP contribution >= 0.6 is 11.3 Å². The number of hydrogen-bond donors (Lipinski definition) is 3. The van der Waals surface area contributed by atoms with E-state index in [0.717, 1.165) is 4.88 Å². The van der Waals surface area contributed by atoms with Gasteiger partial charge in [-0.3, -0.25) is 19.8 Å². The van der Waals surface area contributed by atoms with Gasteiger partial charge in [-0.15, -0.1) is 11.3 Å². The van der Waals surface area contributed by atoms with Gasteiger partial charge in [-0.1, -0.05) is 12.1 Å². The summed E-state index contributed by atoms with van der Waals surface area (Å²) in [5.74, 6) is -3.57. The van der Waals surface area contributed by atoms with E-state index in [0.29, 0.717) is 18.0 Å². The highest BCUT2D eigenvalue weighted by Gasteiger charge is 2.39. The van der Waals surface area contributed by atoms with E-state index in [2.05, 4.69) is 5.32 Å². The van der Waals surface area contributed by atoms with Crippen molar-refractivity contribution >= 4 is 34.9 Å². The normalized spacial score (nSPS) is 16.2. The number of thiophene rings is 1. The number of carbonyl (C=O) groups excluding carboxylic acids is 3. The smallest absolute Gasteiger partial charge is 0.377 e. The molecule has 176 valence electrons. The molecule has 0 saturated carbocycles. The fraction of sp³-hybridized carbons (Fsp3) is 0.333. The first-order valence-electron chi connectivity index (χ1n) is 9.87. The molecule has 1 saturated heterocycles. The molecular formula is C21H21F3N4O4S. The van der Waals surface area contributed by atoms with E-state index < -0.39 is 23.8 Å². The summed E-state index contributed by atoms with van der Waals surface area (Å²) < 4.78 is 42.4. The quantitative estimate of drug-likeness (QED) is 0.449. The summed E-state index contributed by atoms with van der Waals surface area (Å²) in [4.78, 5) is 39.6. The Balaban J connectivity index is 1.58. The largest absolute Gasteiger partial charge is 0.471 e. The number of hydrogen-bond acceptors (Lipinski definition) is 6. The molecule has 3 N–H and O–H groups in total. The van der Waals surface area contributed by atoms with Gasteiger partial charge in [0.2, 0.25) is 0 Å². The Hall–Kier alpha value is -3.25. The van der Waals surface area contributed by atoms with Crippen LogP contribution < -0.4 is 10.6 Å². The van der Waals surface area contributed by atoms with E-state index in [1.165, 1.54) is 40.9 Å². The van der Waals surface area contributed by atoms with Crippen molar-refractivity contribution in [2.45, 2.75) is 19.1 Å². The Labute approximate surface area is 191 Å². The molecule has 2 heterocycles. The second-order valence-electron chi connectivity index (χ2n) is 7.25. The molecule has 33 heavy (non-hydrogen) atoms. The van der Waals surface area contributed by atoms with E-state index in [9.17, 15) is 27.6 Å². The topological polar surface area (TPSA) is 112 Å². The second kappa shape index (κ2) is 10.1. The zero-order valence-corrected chi connectivity index (χ0v) is 18.3. The number of nitrogens with zero attached hydrogens (tertiary/aromatic N) is 1. The molecule has 12 heteroatoms. The van der Waals surface area contributed by atoms with Crippen molar-refractivity contribution in [2.75, 3.05) is 26.3 Å². The number of carbonyl (C=O) groups is 3. The molecule has 1 aromatic heterocycles. The van der Waals surface area contributed by atoms with Crippen LogP contribution in [0, 0.1) is 12.3 Å². The monoisotopic (exact) mass is 482 g/mol. The highest BCUT2D eigenvalue weighted by Crippen LogP contribution is 2.20. The van der Waals surface area contributed by atoms with Crippen molar-refractivity contribution in [3.05, 3.63) is 57.3 Å². The zero-order chi connectivity index (χ0) is 24.2. The van der Waals surface area contributed by atoms with Gasteiger partial charge >= 0.3 is 12.1 Å². The average Bonchev–Trinajstić information content (AvgIpc) is 3.22. The minimum Gasteiger partial charge on any atom is -0.377 e. The Morgan fingerprint density at radius 2 is 1.82 bits per heavy atom. The van der Waals surface area contributed by atoms with Crippen LogP contribution in [0.1, 0.15) is 30.5 Å². The van der Waals surface area contributed by atoms with Crippen molar-refractivity contribution in [1.82, 2.24) is 15.5 Å². The van der Waals surface area contributed by atoms with Crippen molar-refractivity contribution in [2.24, 2.45) is 0 Å². The first kappa shape index (κ1) is 24.4. The lowest BCUT2D eigenvalue weighted by Crippen LogP contribution is -2.53. The Morgan fingerprint density at radius 3 is 2.42 bits per heavy atom. The van der Waals surface area contributed by atoms with Crippen LogP contribution in [-0.4, -0.2) is 67.0 Å². The Morgan fingerprint density at radius 1 is 1.15 bits per heavy atom. The summed E-state index contributed by atoms with van der Waals surface area (Å²) in [6.45, 7) is 3.13. The molecule has 1 fully saturated rings. The second-order valence-corrected chi connectivity index (χ2v) is 8.54. The van der Waals surface area contributed by atoms with Gasteiger partial charge in [-0.05, 0) is 31.2 Å². The summed E-state index contributed by atoms with van der Waals surface area (Å²) in [5, 5.41) is 11.8. The molecule has 0 radical (unpaired) electrons. The van der Waals surface area contributed by atoms with Crippen molar-refractivity contribution < 1.29 is 32.3 Å². The minimum atomic E-state index is -5.10. The number of halogens is 3. The summed E-state index contributed by atoms with van der Waals surface area (Å²) in [7, 11) is 0. The number of rotatable bonds is 5. The van der Waals surface area contributed by atoms with Crippen LogP contribution in [0.2, 0.25) is 0 Å². The highest BCUT2D eigenvalue weighted by molar-refractivity contribution is 7.13. The van der Waals surface area contributed by atoms with E-state index in [4.69, 9.17) is 10.1 Å². The molecule has 1 aromatic carbocycles. The molecule has 0 spiro atoms. The SMILES string of the molecule is Cc1ccc(C(=O)N2CCOCC2CNC(=O)c2ccc(C(=N)NC(=O)C(F)(F)F)cc2)s1. The van der Waals surface area contributed by atoms with Gasteiger partial charge in [0.1, 0.15) is 5.84 Å². The number of benzene rings is 1. The maximum Gasteiger partial charge on any atom is 0.471 e. The first-order chi connectivity index (χ1) is 15.6. The Kier molecular flexibility index (Phi) is 7.49. The van der Waals surface area contributed by atoms with Crippen molar-refractivity contribution in [3.63, 3.8) is 0 Å². The summed E-state index contributed by atoms with van der Waals surface area (Å²) in [6.07, 6.45) is -5.10. The first-order valence-corrected chi connectivity index (χ1v) is 10.7. The van der Waals surface area contributed by atoms with Crippen LogP contribution in [0.3, 0.4) is 0 Å². The Bertz CT molecular complexity index is 1050. The van der Waals surface area contributed by atoms with Crippen LogP contribution in [0.5, 0.6) is 0 Å². The predicted molar refractivity (Wildman–Crippen MR) is 115 cm³/mol. The number of nitrogens with one attached hydrogen (secondary N) is 3. The lowest BCUT2D eigenvalue weighted by molar-refractivity contribution is -0.171. The van der Waals surface area contributed by atoms with Gasteiger partial charge in [-0.2, -0.15) is 13.2 Å². The van der Waals surface area contributed by atoms with Crippen LogP contribution in [-0.2, 0) is 9.53 Å². The van der Waals surface area contributed by atoms with Crippen LogP contribution in [0.15, 0.2) is 36.4 Å². The molecule has 3 amide bonds. The zero-order valence-electron chi connectivity index (χ0n) is 17.5. The molecular weight excluding hydrogens is 461 g/mol. The number of amidine groups is 1. The summed E-state index contributed by atoms with van der Waals surface area (Å²) in [6, 6.07) is 8.44. The minimum absolute atomic E-state index is 0.00726. The molecule has 1 aliphatic heterocycles. The highest BCUT2D eigenvalue weighted by atomic mass is 32.1. The third kappa shape index (κ3) is 6.17. The standard InChI is InChI=1S/C21H21F3N4O4S/c1-12-2-7-16(33-12)19(30)28-8-9-32-11-15(28)10-26-18(29)14-5-3-13(4-6-14)17(25)27-20(31)21(22,23)24/h2-7,15H,8-11H2,1H3,(H,26,29)(H2,25,27,31). The average molecular weight is 482 g/mol. The lowest BCUT2D eigenvalue weighted by atomic mass is 10.1. The van der Waals surface area contributed by atoms with Crippen molar-refractivity contribution in [3.8, 4) is 0 Å². The van der Waals surface area contributed by atoms with E-state index >= 15 is 0 Å². The number of amides is 3. The number of alkyl halides is 3. The molecule has 0 bridgehead atoms. The number of morpholine rings is 1. The van der Waals surface area contributed by atoms with Gasteiger partial charge in [0.15, 0.2) is 0 Å². The molecule has 2 aromatic rings. The maximum atomic E-state index is 12.8. The fourth-order valence-electron chi connectivity index (χ4n) is 3.14. The van der Waals surface area contributed by atoms with Crippen LogP contribution in [0.4, 0.5) is 13.2 Å². The van der Waals surface area contributed by atoms with E-state index in [1.54, 1.807) is 11.0 Å². The predicted octanol–water partition coefficient (Wildman–Crippen LogP) is 2.33. The third-order valence-corrected chi connectivity index (χ3v) is 5.86. The third-order valence-electron chi connectivity index (χ3n) is 4.87. The van der Waals surface area contributed by atoms with E-state index in [-0.39, 0.29) is 36.2 Å². The van der Waals surface area contributed by atoms with Gasteiger partial charge < -0.3 is 20.3 Å². The molecule has 1 atom stereocenters. The lowest BCUT2D eigenvalue weighted by Gasteiger charge is -2.35. The molecule has 3 rings (SSSR count). The summed E-state index contributed by atoms with van der Waals surface area (Å²) >= 11 is 1.40.